The van der Waals surface area contributed by atoms with Crippen LogP contribution in [0.3, 0.4) is 0 Å². The summed E-state index contributed by atoms with van der Waals surface area (Å²) in [5.74, 6) is 1.00. The van der Waals surface area contributed by atoms with Gasteiger partial charge in [-0.15, -0.1) is 11.3 Å². The van der Waals surface area contributed by atoms with Crippen LogP contribution in [0.2, 0.25) is 5.02 Å². The molecule has 2 aromatic carbocycles. The highest BCUT2D eigenvalue weighted by atomic mass is 35.5. The Morgan fingerprint density at radius 1 is 0.882 bits per heavy atom. The Bertz CT molecular complexity index is 1380. The summed E-state index contributed by atoms with van der Waals surface area (Å²) in [5.41, 5.74) is 0.526. The van der Waals surface area contributed by atoms with E-state index in [0.29, 0.717) is 23.8 Å². The van der Waals surface area contributed by atoms with Gasteiger partial charge in [-0.3, -0.25) is 9.52 Å². The Kier molecular flexibility index (Phi) is 7.55. The number of amides is 1. The van der Waals surface area contributed by atoms with E-state index in [1.54, 1.807) is 17.1 Å². The van der Waals surface area contributed by atoms with Crippen LogP contribution in [0.5, 0.6) is 0 Å². The molecule has 1 amide bonds. The minimum absolute atomic E-state index is 0.0126. The molecule has 0 unspecified atom stereocenters. The van der Waals surface area contributed by atoms with Crippen molar-refractivity contribution in [3.05, 3.63) is 69.9 Å². The van der Waals surface area contributed by atoms with E-state index in [1.807, 2.05) is 0 Å². The molecular formula is C21H20ClN3O5S4. The number of carbonyl (C=O) groups is 1. The Morgan fingerprint density at radius 3 is 2.15 bits per heavy atom. The molecule has 1 aromatic heterocycles. The fourth-order valence-electron chi connectivity index (χ4n) is 3.22. The van der Waals surface area contributed by atoms with E-state index in [2.05, 4.69) is 10.0 Å². The van der Waals surface area contributed by atoms with E-state index in [1.165, 1.54) is 58.9 Å². The van der Waals surface area contributed by atoms with Gasteiger partial charge in [0.25, 0.3) is 15.9 Å². The zero-order valence-electron chi connectivity index (χ0n) is 17.6. The van der Waals surface area contributed by atoms with E-state index < -0.39 is 26.0 Å². The van der Waals surface area contributed by atoms with Gasteiger partial charge in [0.1, 0.15) is 4.88 Å². The van der Waals surface area contributed by atoms with Gasteiger partial charge >= 0.3 is 0 Å². The maximum absolute atomic E-state index is 12.8. The van der Waals surface area contributed by atoms with Crippen LogP contribution in [0.4, 0.5) is 11.4 Å². The smallest absolute Gasteiger partial charge is 0.267 e. The topological polar surface area (TPSA) is 113 Å². The van der Waals surface area contributed by atoms with Crippen LogP contribution in [0, 0.1) is 0 Å². The number of halogens is 1. The van der Waals surface area contributed by atoms with Gasteiger partial charge in [0.05, 0.1) is 15.5 Å². The molecule has 3 aromatic rings. The van der Waals surface area contributed by atoms with Gasteiger partial charge < -0.3 is 5.32 Å². The average Bonchev–Trinajstić information content (AvgIpc) is 3.28. The van der Waals surface area contributed by atoms with Crippen molar-refractivity contribution < 1.29 is 21.6 Å². The quantitative estimate of drug-likeness (QED) is 0.450. The molecule has 2 N–H and O–H groups in total. The predicted molar refractivity (Wildman–Crippen MR) is 137 cm³/mol. The van der Waals surface area contributed by atoms with Crippen molar-refractivity contribution in [3.63, 3.8) is 0 Å². The van der Waals surface area contributed by atoms with E-state index in [0.717, 1.165) is 22.8 Å². The van der Waals surface area contributed by atoms with Crippen molar-refractivity contribution in [3.8, 4) is 0 Å². The van der Waals surface area contributed by atoms with Crippen molar-refractivity contribution in [1.82, 2.24) is 4.31 Å². The van der Waals surface area contributed by atoms with Gasteiger partial charge in [0, 0.05) is 35.3 Å². The maximum atomic E-state index is 12.8. The standard InChI is InChI=1S/C21H20ClN3O5S4/c22-15-1-5-17(6-2-15)33(27,28)24-19-9-12-32-20(19)21(26)23-16-3-7-18(8-4-16)34(29,30)25-10-13-31-14-11-25/h1-9,12,24H,10-11,13-14H2,(H,23,26). The SMILES string of the molecule is O=C(Nc1ccc(S(=O)(=O)N2CCSCC2)cc1)c1sccc1NS(=O)(=O)c1ccc(Cl)cc1. The molecule has 1 saturated heterocycles. The first-order valence-corrected chi connectivity index (χ1v) is 15.4. The van der Waals surface area contributed by atoms with Gasteiger partial charge in [-0.25, -0.2) is 16.8 Å². The molecule has 1 aliphatic heterocycles. The molecule has 0 spiro atoms. The molecular weight excluding hydrogens is 538 g/mol. The summed E-state index contributed by atoms with van der Waals surface area (Å²) >= 11 is 8.62. The lowest BCUT2D eigenvalue weighted by atomic mass is 10.3. The molecule has 4 rings (SSSR count). The molecule has 0 bridgehead atoms. The number of thioether (sulfide) groups is 1. The van der Waals surface area contributed by atoms with E-state index in [-0.39, 0.29) is 20.4 Å². The molecule has 34 heavy (non-hydrogen) atoms. The molecule has 13 heteroatoms. The number of rotatable bonds is 7. The summed E-state index contributed by atoms with van der Waals surface area (Å²) in [6.07, 6.45) is 0. The average molecular weight is 558 g/mol. The Hall–Kier alpha value is -2.09. The molecule has 0 atom stereocenters. The van der Waals surface area contributed by atoms with Crippen LogP contribution >= 0.6 is 34.7 Å². The lowest BCUT2D eigenvalue weighted by Gasteiger charge is -2.25. The van der Waals surface area contributed by atoms with Gasteiger partial charge in [0.15, 0.2) is 0 Å². The normalized spacial score (nSPS) is 15.1. The lowest BCUT2D eigenvalue weighted by Crippen LogP contribution is -2.37. The molecule has 1 fully saturated rings. The third kappa shape index (κ3) is 5.58. The molecule has 2 heterocycles. The molecule has 0 saturated carbocycles. The monoisotopic (exact) mass is 557 g/mol. The fourth-order valence-corrected chi connectivity index (χ4v) is 7.80. The van der Waals surface area contributed by atoms with Crippen LogP contribution in [0.1, 0.15) is 9.67 Å². The van der Waals surface area contributed by atoms with Crippen LogP contribution in [0.15, 0.2) is 69.8 Å². The summed E-state index contributed by atoms with van der Waals surface area (Å²) < 4.78 is 54.8. The number of nitrogens with zero attached hydrogens (tertiary/aromatic N) is 1. The predicted octanol–water partition coefficient (Wildman–Crippen LogP) is 4.19. The first-order valence-electron chi connectivity index (χ1n) is 10.0. The second kappa shape index (κ2) is 10.3. The number of hydrogen-bond acceptors (Lipinski definition) is 7. The van der Waals surface area contributed by atoms with E-state index >= 15 is 0 Å². The first-order chi connectivity index (χ1) is 16.2. The summed E-state index contributed by atoms with van der Waals surface area (Å²) in [4.78, 5) is 13.1. The lowest BCUT2D eigenvalue weighted by molar-refractivity contribution is 0.103. The highest BCUT2D eigenvalue weighted by Gasteiger charge is 2.26. The fraction of sp³-hybridized carbons (Fsp3) is 0.190. The third-order valence-electron chi connectivity index (χ3n) is 4.96. The van der Waals surface area contributed by atoms with E-state index in [9.17, 15) is 21.6 Å². The highest BCUT2D eigenvalue weighted by molar-refractivity contribution is 7.99. The largest absolute Gasteiger partial charge is 0.321 e. The number of thiophene rings is 1. The first kappa shape index (κ1) is 25.0. The minimum atomic E-state index is -3.92. The van der Waals surface area contributed by atoms with Crippen LogP contribution < -0.4 is 10.0 Å². The number of carbonyl (C=O) groups excluding carboxylic acids is 1. The Balaban J connectivity index is 1.47. The van der Waals surface area contributed by atoms with Crippen molar-refractivity contribution in [2.24, 2.45) is 0 Å². The van der Waals surface area contributed by atoms with Crippen molar-refractivity contribution in [1.29, 1.82) is 0 Å². The molecule has 1 aliphatic rings. The van der Waals surface area contributed by atoms with Crippen LogP contribution in [-0.4, -0.2) is 51.6 Å². The minimum Gasteiger partial charge on any atom is -0.321 e. The van der Waals surface area contributed by atoms with Crippen LogP contribution in [-0.2, 0) is 20.0 Å². The zero-order chi connectivity index (χ0) is 24.3. The number of nitrogens with one attached hydrogen (secondary N) is 2. The maximum Gasteiger partial charge on any atom is 0.267 e. The van der Waals surface area contributed by atoms with Crippen molar-refractivity contribution >= 4 is 72.0 Å². The van der Waals surface area contributed by atoms with Gasteiger partial charge in [-0.05, 0) is 60.0 Å². The third-order valence-corrected chi connectivity index (χ3v) is 10.4. The molecule has 0 radical (unpaired) electrons. The highest BCUT2D eigenvalue weighted by Crippen LogP contribution is 2.27. The molecule has 8 nitrogen and oxygen atoms in total. The second-order valence-corrected chi connectivity index (χ2v) is 13.4. The van der Waals surface area contributed by atoms with Crippen molar-refractivity contribution in [2.75, 3.05) is 34.6 Å². The number of sulfonamides is 2. The van der Waals surface area contributed by atoms with Gasteiger partial charge in [0.2, 0.25) is 10.0 Å². The number of benzene rings is 2. The molecule has 0 aliphatic carbocycles. The van der Waals surface area contributed by atoms with Gasteiger partial charge in [-0.2, -0.15) is 16.1 Å². The summed E-state index contributed by atoms with van der Waals surface area (Å²) in [5, 5.41) is 4.69. The molecule has 180 valence electrons. The van der Waals surface area contributed by atoms with Gasteiger partial charge in [-0.1, -0.05) is 11.6 Å². The number of anilines is 2. The summed E-state index contributed by atoms with van der Waals surface area (Å²) in [6, 6.07) is 13.1. The second-order valence-electron chi connectivity index (χ2n) is 7.22. The Labute approximate surface area is 211 Å². The van der Waals surface area contributed by atoms with Crippen molar-refractivity contribution in [2.45, 2.75) is 9.79 Å². The zero-order valence-corrected chi connectivity index (χ0v) is 21.6. The summed E-state index contributed by atoms with van der Waals surface area (Å²) in [7, 11) is -7.50. The van der Waals surface area contributed by atoms with E-state index in [4.69, 9.17) is 11.6 Å². The number of hydrogen-bond donors (Lipinski definition) is 2. The Morgan fingerprint density at radius 2 is 1.50 bits per heavy atom. The summed E-state index contributed by atoms with van der Waals surface area (Å²) in [6.45, 7) is 0.942. The van der Waals surface area contributed by atoms with Crippen LogP contribution in [0.25, 0.3) is 0 Å².